The lowest BCUT2D eigenvalue weighted by Crippen LogP contribution is -2.49. The Balaban J connectivity index is 1.34. The Bertz CT molecular complexity index is 1050. The van der Waals surface area contributed by atoms with E-state index in [1.807, 2.05) is 66.4 Å². The van der Waals surface area contributed by atoms with Gasteiger partial charge in [0.05, 0.1) is 12.3 Å². The van der Waals surface area contributed by atoms with Crippen molar-refractivity contribution in [2.75, 3.05) is 51.3 Å². The number of aromatic nitrogens is 2. The van der Waals surface area contributed by atoms with Gasteiger partial charge in [-0.3, -0.25) is 9.69 Å². The summed E-state index contributed by atoms with van der Waals surface area (Å²) in [6, 6.07) is 16.8. The minimum atomic E-state index is 0.0620. The lowest BCUT2D eigenvalue weighted by molar-refractivity contribution is 0.0565. The fourth-order valence-corrected chi connectivity index (χ4v) is 3.85. The second kappa shape index (κ2) is 11.2. The highest BCUT2D eigenvalue weighted by atomic mass is 35.5. The van der Waals surface area contributed by atoms with E-state index in [4.69, 9.17) is 16.3 Å². The second-order valence-corrected chi connectivity index (χ2v) is 8.24. The molecule has 0 unspecified atom stereocenters. The Hall–Kier alpha value is -3.00. The number of anilines is 2. The van der Waals surface area contributed by atoms with Crippen molar-refractivity contribution in [1.29, 1.82) is 0 Å². The molecule has 0 aliphatic carbocycles. The molecule has 2 aromatic carbocycles. The first-order chi connectivity index (χ1) is 16.1. The normalized spacial score (nSPS) is 14.3. The number of hydrogen-bond donors (Lipinski definition) is 1. The number of ether oxygens (including phenoxy) is 1. The molecule has 3 aromatic rings. The first-order valence-corrected chi connectivity index (χ1v) is 11.6. The van der Waals surface area contributed by atoms with E-state index in [1.54, 1.807) is 6.20 Å². The van der Waals surface area contributed by atoms with Crippen LogP contribution in [0, 0.1) is 0 Å². The smallest absolute Gasteiger partial charge is 0.253 e. The molecule has 7 nitrogen and oxygen atoms in total. The average Bonchev–Trinajstić information content (AvgIpc) is 2.85. The molecular weight excluding hydrogens is 438 g/mol. The van der Waals surface area contributed by atoms with Crippen molar-refractivity contribution >= 4 is 29.1 Å². The van der Waals surface area contributed by atoms with Crippen LogP contribution in [0.1, 0.15) is 17.3 Å². The molecule has 4 rings (SSSR count). The van der Waals surface area contributed by atoms with E-state index >= 15 is 0 Å². The highest BCUT2D eigenvalue weighted by Crippen LogP contribution is 2.22. The predicted molar refractivity (Wildman–Crippen MR) is 131 cm³/mol. The largest absolute Gasteiger partial charge is 0.380 e. The van der Waals surface area contributed by atoms with Crippen molar-refractivity contribution in [3.05, 3.63) is 71.4 Å². The maximum atomic E-state index is 12.9. The van der Waals surface area contributed by atoms with Crippen LogP contribution >= 0.6 is 11.6 Å². The van der Waals surface area contributed by atoms with Crippen LogP contribution in [0.4, 0.5) is 11.6 Å². The number of piperazine rings is 1. The third-order valence-corrected chi connectivity index (χ3v) is 5.85. The van der Waals surface area contributed by atoms with Gasteiger partial charge in [-0.05, 0) is 49.4 Å². The van der Waals surface area contributed by atoms with Crippen molar-refractivity contribution in [1.82, 2.24) is 19.8 Å². The molecule has 1 aliphatic heterocycles. The van der Waals surface area contributed by atoms with Crippen molar-refractivity contribution in [3.63, 3.8) is 0 Å². The maximum absolute atomic E-state index is 12.9. The standard InChI is InChI=1S/C25H28ClN5O2/c1-2-33-18-17-30-13-15-31(16-14-30)24(32)20-5-9-22(10-6-20)28-25-27-12-11-23(29-25)19-3-7-21(26)8-4-19/h3-12H,2,13-18H2,1H3,(H,27,28,29). The van der Waals surface area contributed by atoms with Crippen molar-refractivity contribution < 1.29 is 9.53 Å². The van der Waals surface area contributed by atoms with Gasteiger partial charge in [-0.2, -0.15) is 0 Å². The summed E-state index contributed by atoms with van der Waals surface area (Å²) in [5, 5.41) is 3.89. The molecule has 33 heavy (non-hydrogen) atoms. The van der Waals surface area contributed by atoms with Gasteiger partial charge in [-0.1, -0.05) is 23.7 Å². The highest BCUT2D eigenvalue weighted by Gasteiger charge is 2.21. The summed E-state index contributed by atoms with van der Waals surface area (Å²) in [4.78, 5) is 26.0. The SMILES string of the molecule is CCOCCN1CCN(C(=O)c2ccc(Nc3nccc(-c4ccc(Cl)cc4)n3)cc2)CC1. The van der Waals surface area contributed by atoms with E-state index in [9.17, 15) is 4.79 Å². The van der Waals surface area contributed by atoms with E-state index < -0.39 is 0 Å². The van der Waals surface area contributed by atoms with Crippen LogP contribution in [0.5, 0.6) is 0 Å². The Kier molecular flexibility index (Phi) is 7.88. The number of carbonyl (C=O) groups excluding carboxylic acids is 1. The summed E-state index contributed by atoms with van der Waals surface area (Å²) >= 11 is 5.97. The van der Waals surface area contributed by atoms with Gasteiger partial charge in [0.2, 0.25) is 5.95 Å². The maximum Gasteiger partial charge on any atom is 0.253 e. The number of amides is 1. The van der Waals surface area contributed by atoms with Crippen LogP contribution in [0.15, 0.2) is 60.8 Å². The molecule has 1 fully saturated rings. The molecule has 1 aliphatic rings. The molecule has 1 aromatic heterocycles. The summed E-state index contributed by atoms with van der Waals surface area (Å²) < 4.78 is 5.42. The van der Waals surface area contributed by atoms with Gasteiger partial charge in [-0.15, -0.1) is 0 Å². The van der Waals surface area contributed by atoms with E-state index in [0.717, 1.165) is 62.9 Å². The minimum absolute atomic E-state index is 0.0620. The zero-order chi connectivity index (χ0) is 23.0. The number of hydrogen-bond acceptors (Lipinski definition) is 6. The fraction of sp³-hybridized carbons (Fsp3) is 0.320. The molecule has 172 valence electrons. The molecule has 1 N–H and O–H groups in total. The van der Waals surface area contributed by atoms with Crippen molar-refractivity contribution in [2.24, 2.45) is 0 Å². The van der Waals surface area contributed by atoms with Crippen LogP contribution in [0.25, 0.3) is 11.3 Å². The van der Waals surface area contributed by atoms with Gasteiger partial charge < -0.3 is 15.0 Å². The molecule has 0 spiro atoms. The third kappa shape index (κ3) is 6.28. The summed E-state index contributed by atoms with van der Waals surface area (Å²) in [6.45, 7) is 7.61. The predicted octanol–water partition coefficient (Wildman–Crippen LogP) is 4.33. The lowest BCUT2D eigenvalue weighted by Gasteiger charge is -2.34. The molecule has 8 heteroatoms. The van der Waals surface area contributed by atoms with E-state index in [0.29, 0.717) is 16.5 Å². The number of carbonyl (C=O) groups is 1. The summed E-state index contributed by atoms with van der Waals surface area (Å²) in [7, 11) is 0. The number of nitrogens with one attached hydrogen (secondary N) is 1. The fourth-order valence-electron chi connectivity index (χ4n) is 3.72. The minimum Gasteiger partial charge on any atom is -0.380 e. The zero-order valence-corrected chi connectivity index (χ0v) is 19.5. The molecule has 0 saturated carbocycles. The molecule has 0 radical (unpaired) electrons. The van der Waals surface area contributed by atoms with E-state index in [1.165, 1.54) is 0 Å². The number of benzene rings is 2. The summed E-state index contributed by atoms with van der Waals surface area (Å²) in [5.41, 5.74) is 3.26. The van der Waals surface area contributed by atoms with Crippen LogP contribution in [-0.4, -0.2) is 71.6 Å². The molecular formula is C25H28ClN5O2. The van der Waals surface area contributed by atoms with E-state index in [-0.39, 0.29) is 5.91 Å². The first-order valence-electron chi connectivity index (χ1n) is 11.2. The van der Waals surface area contributed by atoms with Gasteiger partial charge >= 0.3 is 0 Å². The van der Waals surface area contributed by atoms with Crippen LogP contribution in [0.2, 0.25) is 5.02 Å². The lowest BCUT2D eigenvalue weighted by atomic mass is 10.1. The average molecular weight is 466 g/mol. The highest BCUT2D eigenvalue weighted by molar-refractivity contribution is 6.30. The zero-order valence-electron chi connectivity index (χ0n) is 18.7. The van der Waals surface area contributed by atoms with Gasteiger partial charge in [0, 0.05) is 67.4 Å². The van der Waals surface area contributed by atoms with Gasteiger partial charge in [-0.25, -0.2) is 9.97 Å². The van der Waals surface area contributed by atoms with E-state index in [2.05, 4.69) is 20.2 Å². The summed E-state index contributed by atoms with van der Waals surface area (Å²) in [5.74, 6) is 0.552. The quantitative estimate of drug-likeness (QED) is 0.499. The number of nitrogens with zero attached hydrogens (tertiary/aromatic N) is 4. The van der Waals surface area contributed by atoms with Gasteiger partial charge in [0.1, 0.15) is 0 Å². The van der Waals surface area contributed by atoms with Gasteiger partial charge in [0.15, 0.2) is 0 Å². The Labute approximate surface area is 199 Å². The number of rotatable bonds is 8. The Morgan fingerprint density at radius 2 is 1.76 bits per heavy atom. The van der Waals surface area contributed by atoms with Crippen LogP contribution in [-0.2, 0) is 4.74 Å². The van der Waals surface area contributed by atoms with Crippen LogP contribution in [0.3, 0.4) is 0 Å². The third-order valence-electron chi connectivity index (χ3n) is 5.60. The Morgan fingerprint density at radius 3 is 2.45 bits per heavy atom. The molecule has 1 saturated heterocycles. The van der Waals surface area contributed by atoms with Crippen molar-refractivity contribution in [3.8, 4) is 11.3 Å². The topological polar surface area (TPSA) is 70.6 Å². The second-order valence-electron chi connectivity index (χ2n) is 7.81. The van der Waals surface area contributed by atoms with Crippen LogP contribution < -0.4 is 5.32 Å². The first kappa shape index (κ1) is 23.2. The molecule has 2 heterocycles. The van der Waals surface area contributed by atoms with Gasteiger partial charge in [0.25, 0.3) is 5.91 Å². The monoisotopic (exact) mass is 465 g/mol. The Morgan fingerprint density at radius 1 is 1.03 bits per heavy atom. The summed E-state index contributed by atoms with van der Waals surface area (Å²) in [6.07, 6.45) is 1.71. The van der Waals surface area contributed by atoms with Crippen molar-refractivity contribution in [2.45, 2.75) is 6.92 Å². The number of halogens is 1. The molecule has 1 amide bonds. The molecule has 0 atom stereocenters. The molecule has 0 bridgehead atoms.